The van der Waals surface area contributed by atoms with Gasteiger partial charge in [0.1, 0.15) is 5.60 Å². The molecular formula is C22H31N3O3. The first-order valence-corrected chi connectivity index (χ1v) is 10.1. The first kappa shape index (κ1) is 20.2. The third-order valence-electron chi connectivity index (χ3n) is 5.18. The van der Waals surface area contributed by atoms with E-state index in [0.717, 1.165) is 61.0 Å². The zero-order valence-electron chi connectivity index (χ0n) is 17.3. The number of hydrogen-bond acceptors (Lipinski definition) is 5. The molecule has 0 saturated carbocycles. The monoisotopic (exact) mass is 385 g/mol. The predicted molar refractivity (Wildman–Crippen MR) is 112 cm³/mol. The minimum atomic E-state index is -0.447. The number of anilines is 1. The molecule has 1 aliphatic heterocycles. The summed E-state index contributed by atoms with van der Waals surface area (Å²) in [5.41, 5.74) is 8.95. The molecule has 2 aromatic rings. The smallest absolute Gasteiger partial charge is 0.410 e. The van der Waals surface area contributed by atoms with Crippen molar-refractivity contribution < 1.29 is 14.1 Å². The summed E-state index contributed by atoms with van der Waals surface area (Å²) in [7, 11) is 0. The standard InChI is InChI=1S/C22H31N3O3/c1-5-6-16-18(23)9-8-17-19(24-28-20(16)17)10-7-15-11-13-25(14-12-15)21(26)27-22(2,3)4/h5-6,8-9,15H,7,10-14,23H2,1-4H3/b6-5+. The second kappa shape index (κ2) is 8.25. The highest BCUT2D eigenvalue weighted by Crippen LogP contribution is 2.30. The average molecular weight is 386 g/mol. The van der Waals surface area contributed by atoms with E-state index >= 15 is 0 Å². The number of fused-ring (bicyclic) bond motifs is 1. The van der Waals surface area contributed by atoms with Crippen LogP contribution in [-0.4, -0.2) is 34.8 Å². The van der Waals surface area contributed by atoms with Crippen LogP contribution in [0.25, 0.3) is 17.0 Å². The lowest BCUT2D eigenvalue weighted by Crippen LogP contribution is -2.41. The molecule has 0 bridgehead atoms. The van der Waals surface area contributed by atoms with E-state index in [-0.39, 0.29) is 6.09 Å². The van der Waals surface area contributed by atoms with Gasteiger partial charge in [-0.25, -0.2) is 4.79 Å². The first-order chi connectivity index (χ1) is 13.3. The molecule has 1 saturated heterocycles. The van der Waals surface area contributed by atoms with Gasteiger partial charge in [-0.15, -0.1) is 0 Å². The number of allylic oxidation sites excluding steroid dienone is 1. The number of amides is 1. The number of benzene rings is 1. The van der Waals surface area contributed by atoms with Crippen molar-refractivity contribution in [2.45, 2.75) is 59.0 Å². The zero-order chi connectivity index (χ0) is 20.3. The molecule has 6 heteroatoms. The fourth-order valence-electron chi connectivity index (χ4n) is 3.68. The van der Waals surface area contributed by atoms with Crippen molar-refractivity contribution in [3.05, 3.63) is 29.5 Å². The number of carbonyl (C=O) groups is 1. The van der Waals surface area contributed by atoms with E-state index in [0.29, 0.717) is 11.6 Å². The van der Waals surface area contributed by atoms with Crippen LogP contribution >= 0.6 is 0 Å². The lowest BCUT2D eigenvalue weighted by atomic mass is 9.91. The number of ether oxygens (including phenoxy) is 1. The summed E-state index contributed by atoms with van der Waals surface area (Å²) in [6, 6.07) is 3.91. The average Bonchev–Trinajstić information content (AvgIpc) is 3.04. The van der Waals surface area contributed by atoms with Gasteiger partial charge < -0.3 is 19.9 Å². The predicted octanol–water partition coefficient (Wildman–Crippen LogP) is 5.02. The van der Waals surface area contributed by atoms with Gasteiger partial charge >= 0.3 is 6.09 Å². The Balaban J connectivity index is 1.58. The van der Waals surface area contributed by atoms with Crippen LogP contribution in [0.4, 0.5) is 10.5 Å². The van der Waals surface area contributed by atoms with Crippen molar-refractivity contribution in [3.63, 3.8) is 0 Å². The Morgan fingerprint density at radius 1 is 1.36 bits per heavy atom. The van der Waals surface area contributed by atoms with Crippen LogP contribution in [0.5, 0.6) is 0 Å². The van der Waals surface area contributed by atoms with E-state index in [4.69, 9.17) is 15.0 Å². The van der Waals surface area contributed by atoms with Crippen molar-refractivity contribution in [2.24, 2.45) is 5.92 Å². The molecule has 0 radical (unpaired) electrons. The molecule has 28 heavy (non-hydrogen) atoms. The van der Waals surface area contributed by atoms with Gasteiger partial charge in [0.25, 0.3) is 0 Å². The molecule has 152 valence electrons. The van der Waals surface area contributed by atoms with Crippen LogP contribution < -0.4 is 5.73 Å². The summed E-state index contributed by atoms with van der Waals surface area (Å²) >= 11 is 0. The summed E-state index contributed by atoms with van der Waals surface area (Å²) in [6.45, 7) is 9.15. The maximum Gasteiger partial charge on any atom is 0.410 e. The number of piperidine rings is 1. The van der Waals surface area contributed by atoms with E-state index in [2.05, 4.69) is 5.16 Å². The van der Waals surface area contributed by atoms with Crippen molar-refractivity contribution >= 4 is 28.8 Å². The van der Waals surface area contributed by atoms with E-state index in [1.54, 1.807) is 0 Å². The maximum atomic E-state index is 12.2. The van der Waals surface area contributed by atoms with Gasteiger partial charge in [0.15, 0.2) is 5.58 Å². The zero-order valence-corrected chi connectivity index (χ0v) is 17.3. The second-order valence-electron chi connectivity index (χ2n) is 8.52. The first-order valence-electron chi connectivity index (χ1n) is 10.1. The normalized spacial score (nSPS) is 16.2. The molecule has 1 aromatic carbocycles. The number of nitrogen functional groups attached to an aromatic ring is 1. The second-order valence-corrected chi connectivity index (χ2v) is 8.52. The van der Waals surface area contributed by atoms with Gasteiger partial charge in [0, 0.05) is 29.7 Å². The number of nitrogens with two attached hydrogens (primary N) is 1. The Bertz CT molecular complexity index is 856. The molecular weight excluding hydrogens is 354 g/mol. The van der Waals surface area contributed by atoms with Crippen molar-refractivity contribution in [3.8, 4) is 0 Å². The van der Waals surface area contributed by atoms with Crippen LogP contribution in [0.1, 0.15) is 58.2 Å². The summed E-state index contributed by atoms with van der Waals surface area (Å²) in [5.74, 6) is 0.578. The molecule has 1 amide bonds. The number of aryl methyl sites for hydroxylation is 1. The molecule has 2 N–H and O–H groups in total. The van der Waals surface area contributed by atoms with Crippen LogP contribution in [0.2, 0.25) is 0 Å². The summed E-state index contributed by atoms with van der Waals surface area (Å²) < 4.78 is 11.1. The lowest BCUT2D eigenvalue weighted by molar-refractivity contribution is 0.0181. The molecule has 0 unspecified atom stereocenters. The SMILES string of the molecule is C/C=C/c1c(N)ccc2c(CCC3CCN(C(=O)OC(C)(C)C)CC3)noc12. The molecule has 1 fully saturated rings. The lowest BCUT2D eigenvalue weighted by Gasteiger charge is -2.33. The Kier molecular flexibility index (Phi) is 5.96. The summed E-state index contributed by atoms with van der Waals surface area (Å²) in [4.78, 5) is 14.0. The summed E-state index contributed by atoms with van der Waals surface area (Å²) in [6.07, 6.45) is 7.58. The Morgan fingerprint density at radius 3 is 2.71 bits per heavy atom. The van der Waals surface area contributed by atoms with Gasteiger partial charge in [-0.3, -0.25) is 0 Å². The van der Waals surface area contributed by atoms with E-state index in [1.165, 1.54) is 0 Å². The fourth-order valence-corrected chi connectivity index (χ4v) is 3.68. The highest BCUT2D eigenvalue weighted by molar-refractivity contribution is 5.92. The fraction of sp³-hybridized carbons (Fsp3) is 0.545. The molecule has 1 aliphatic rings. The number of nitrogens with zero attached hydrogens (tertiary/aromatic N) is 2. The van der Waals surface area contributed by atoms with E-state index in [1.807, 2.05) is 56.9 Å². The van der Waals surface area contributed by atoms with Crippen LogP contribution in [0.15, 0.2) is 22.7 Å². The molecule has 3 rings (SSSR count). The topological polar surface area (TPSA) is 81.6 Å². The molecule has 0 spiro atoms. The van der Waals surface area contributed by atoms with E-state index < -0.39 is 5.60 Å². The Morgan fingerprint density at radius 2 is 2.07 bits per heavy atom. The van der Waals surface area contributed by atoms with Gasteiger partial charge in [0.2, 0.25) is 0 Å². The van der Waals surface area contributed by atoms with Crippen LogP contribution in [-0.2, 0) is 11.2 Å². The molecule has 0 atom stereocenters. The molecule has 6 nitrogen and oxygen atoms in total. The Hall–Kier alpha value is -2.50. The van der Waals surface area contributed by atoms with Crippen molar-refractivity contribution in [2.75, 3.05) is 18.8 Å². The summed E-state index contributed by atoms with van der Waals surface area (Å²) in [5, 5.41) is 5.33. The minimum absolute atomic E-state index is 0.206. The highest BCUT2D eigenvalue weighted by Gasteiger charge is 2.27. The van der Waals surface area contributed by atoms with Crippen LogP contribution in [0, 0.1) is 5.92 Å². The third-order valence-corrected chi connectivity index (χ3v) is 5.18. The largest absolute Gasteiger partial charge is 0.444 e. The van der Waals surface area contributed by atoms with Gasteiger partial charge in [-0.05, 0) is 71.4 Å². The number of rotatable bonds is 4. The number of likely N-dealkylation sites (tertiary alicyclic amines) is 1. The number of hydrogen-bond donors (Lipinski definition) is 1. The minimum Gasteiger partial charge on any atom is -0.444 e. The van der Waals surface area contributed by atoms with Gasteiger partial charge in [-0.2, -0.15) is 0 Å². The quantitative estimate of drug-likeness (QED) is 0.747. The third kappa shape index (κ3) is 4.66. The highest BCUT2D eigenvalue weighted by atomic mass is 16.6. The van der Waals surface area contributed by atoms with Crippen molar-refractivity contribution in [1.29, 1.82) is 0 Å². The van der Waals surface area contributed by atoms with Crippen LogP contribution in [0.3, 0.4) is 0 Å². The Labute approximate surface area is 166 Å². The van der Waals surface area contributed by atoms with Gasteiger partial charge in [-0.1, -0.05) is 17.3 Å². The molecule has 2 heterocycles. The van der Waals surface area contributed by atoms with Gasteiger partial charge in [0.05, 0.1) is 5.69 Å². The van der Waals surface area contributed by atoms with E-state index in [9.17, 15) is 4.79 Å². The van der Waals surface area contributed by atoms with Crippen molar-refractivity contribution in [1.82, 2.24) is 10.1 Å². The maximum absolute atomic E-state index is 12.2. The molecule has 1 aromatic heterocycles. The number of carbonyl (C=O) groups excluding carboxylic acids is 1. The molecule has 0 aliphatic carbocycles. The number of aromatic nitrogens is 1.